The van der Waals surface area contributed by atoms with Gasteiger partial charge in [-0.15, -0.1) is 12.4 Å². The van der Waals surface area contributed by atoms with Crippen LogP contribution in [0.3, 0.4) is 0 Å². The summed E-state index contributed by atoms with van der Waals surface area (Å²) >= 11 is 0. The Morgan fingerprint density at radius 3 is 2.17 bits per heavy atom. The summed E-state index contributed by atoms with van der Waals surface area (Å²) in [7, 11) is 1.65. The molecule has 128 valence electrons. The minimum atomic E-state index is 0. The molecule has 24 heavy (non-hydrogen) atoms. The fourth-order valence-electron chi connectivity index (χ4n) is 2.63. The third kappa shape index (κ3) is 4.28. The molecular weight excluding hydrogens is 324 g/mol. The van der Waals surface area contributed by atoms with Crippen molar-refractivity contribution in [3.63, 3.8) is 0 Å². The van der Waals surface area contributed by atoms with Crippen LogP contribution < -0.4 is 10.5 Å². The van der Waals surface area contributed by atoms with Crippen molar-refractivity contribution < 1.29 is 9.53 Å². The van der Waals surface area contributed by atoms with Gasteiger partial charge in [-0.05, 0) is 48.2 Å². The van der Waals surface area contributed by atoms with E-state index in [9.17, 15) is 4.79 Å². The number of hydrogen-bond donors (Lipinski definition) is 1. The fourth-order valence-corrected chi connectivity index (χ4v) is 2.63. The zero-order chi connectivity index (χ0) is 16.2. The number of carbonyl (C=O) groups excluding carboxylic acids is 1. The van der Waals surface area contributed by atoms with Gasteiger partial charge in [0.2, 0.25) is 0 Å². The quantitative estimate of drug-likeness (QED) is 0.872. The minimum absolute atomic E-state index is 0. The summed E-state index contributed by atoms with van der Waals surface area (Å²) in [4.78, 5) is 14.8. The zero-order valence-corrected chi connectivity index (χ0v) is 14.6. The van der Waals surface area contributed by atoms with Crippen molar-refractivity contribution in [2.24, 2.45) is 5.73 Å². The van der Waals surface area contributed by atoms with Crippen molar-refractivity contribution >= 4 is 18.3 Å². The number of amides is 1. The van der Waals surface area contributed by atoms with E-state index in [2.05, 4.69) is 0 Å². The largest absolute Gasteiger partial charge is 0.497 e. The highest BCUT2D eigenvalue weighted by molar-refractivity contribution is 5.94. The van der Waals surface area contributed by atoms with Crippen LogP contribution in [-0.2, 0) is 13.1 Å². The first-order chi connectivity index (χ1) is 11.2. The average molecular weight is 347 g/mol. The lowest BCUT2D eigenvalue weighted by molar-refractivity contribution is 0.0730. The summed E-state index contributed by atoms with van der Waals surface area (Å²) in [5.74, 6) is 0.919. The van der Waals surface area contributed by atoms with E-state index in [0.717, 1.165) is 35.3 Å². The molecule has 1 saturated carbocycles. The van der Waals surface area contributed by atoms with Crippen LogP contribution in [0.15, 0.2) is 48.5 Å². The summed E-state index contributed by atoms with van der Waals surface area (Å²) in [5, 5.41) is 0. The highest BCUT2D eigenvalue weighted by Gasteiger charge is 2.33. The van der Waals surface area contributed by atoms with E-state index in [1.54, 1.807) is 7.11 Å². The Balaban J connectivity index is 0.00000208. The maximum atomic E-state index is 12.8. The van der Waals surface area contributed by atoms with Crippen LogP contribution >= 0.6 is 12.4 Å². The Morgan fingerprint density at radius 2 is 1.67 bits per heavy atom. The van der Waals surface area contributed by atoms with Gasteiger partial charge in [-0.3, -0.25) is 4.79 Å². The molecule has 0 heterocycles. The predicted octanol–water partition coefficient (Wildman–Crippen LogP) is 3.38. The molecule has 0 aromatic heterocycles. The SMILES string of the molecule is COc1ccc(CN(C(=O)c2ccc(CN)cc2)C2CC2)cc1.Cl. The molecule has 0 aliphatic heterocycles. The maximum absolute atomic E-state index is 12.8. The molecule has 0 unspecified atom stereocenters. The molecule has 0 bridgehead atoms. The first-order valence-electron chi connectivity index (χ1n) is 7.94. The Labute approximate surface area is 149 Å². The van der Waals surface area contributed by atoms with Crippen LogP contribution in [-0.4, -0.2) is 24.0 Å². The smallest absolute Gasteiger partial charge is 0.254 e. The van der Waals surface area contributed by atoms with E-state index in [-0.39, 0.29) is 18.3 Å². The van der Waals surface area contributed by atoms with Crippen LogP contribution in [0, 0.1) is 0 Å². The molecule has 1 aliphatic carbocycles. The lowest BCUT2D eigenvalue weighted by atomic mass is 10.1. The molecule has 1 amide bonds. The Kier molecular flexibility index (Phi) is 6.23. The highest BCUT2D eigenvalue weighted by Crippen LogP contribution is 2.30. The van der Waals surface area contributed by atoms with Gasteiger partial charge in [0.25, 0.3) is 5.91 Å². The number of carbonyl (C=O) groups is 1. The number of nitrogens with zero attached hydrogens (tertiary/aromatic N) is 1. The van der Waals surface area contributed by atoms with Gasteiger partial charge in [0.05, 0.1) is 7.11 Å². The van der Waals surface area contributed by atoms with Crippen LogP contribution in [0.25, 0.3) is 0 Å². The van der Waals surface area contributed by atoms with E-state index in [4.69, 9.17) is 10.5 Å². The van der Waals surface area contributed by atoms with Gasteiger partial charge in [0.15, 0.2) is 0 Å². The van der Waals surface area contributed by atoms with E-state index in [1.807, 2.05) is 53.4 Å². The summed E-state index contributed by atoms with van der Waals surface area (Å²) in [5.41, 5.74) is 8.49. The number of methoxy groups -OCH3 is 1. The monoisotopic (exact) mass is 346 g/mol. The number of benzene rings is 2. The first kappa shape index (κ1) is 18.3. The Bertz CT molecular complexity index is 667. The Morgan fingerprint density at radius 1 is 1.08 bits per heavy atom. The van der Waals surface area contributed by atoms with Crippen molar-refractivity contribution in [3.05, 3.63) is 65.2 Å². The van der Waals surface area contributed by atoms with E-state index in [1.165, 1.54) is 0 Å². The minimum Gasteiger partial charge on any atom is -0.497 e. The molecular formula is C19H23ClN2O2. The topological polar surface area (TPSA) is 55.6 Å². The predicted molar refractivity (Wildman–Crippen MR) is 97.5 cm³/mol. The second-order valence-electron chi connectivity index (χ2n) is 5.91. The van der Waals surface area contributed by atoms with Crippen molar-refractivity contribution in [2.75, 3.05) is 7.11 Å². The summed E-state index contributed by atoms with van der Waals surface area (Å²) in [6, 6.07) is 15.8. The molecule has 2 aromatic carbocycles. The Hall–Kier alpha value is -2.04. The second kappa shape index (κ2) is 8.18. The van der Waals surface area contributed by atoms with Crippen molar-refractivity contribution in [1.82, 2.24) is 4.90 Å². The molecule has 2 aromatic rings. The third-order valence-corrected chi connectivity index (χ3v) is 4.20. The van der Waals surface area contributed by atoms with Crippen molar-refractivity contribution in [3.8, 4) is 5.75 Å². The number of rotatable bonds is 6. The van der Waals surface area contributed by atoms with Crippen molar-refractivity contribution in [1.29, 1.82) is 0 Å². The first-order valence-corrected chi connectivity index (χ1v) is 7.94. The van der Waals surface area contributed by atoms with E-state index < -0.39 is 0 Å². The van der Waals surface area contributed by atoms with Gasteiger partial charge >= 0.3 is 0 Å². The van der Waals surface area contributed by atoms with Crippen LogP contribution in [0.1, 0.15) is 34.3 Å². The molecule has 0 saturated heterocycles. The lowest BCUT2D eigenvalue weighted by Gasteiger charge is -2.23. The summed E-state index contributed by atoms with van der Waals surface area (Å²) < 4.78 is 5.18. The molecule has 0 atom stereocenters. The number of hydrogen-bond acceptors (Lipinski definition) is 3. The van der Waals surface area contributed by atoms with E-state index >= 15 is 0 Å². The third-order valence-electron chi connectivity index (χ3n) is 4.20. The standard InChI is InChI=1S/C19H22N2O2.ClH/c1-23-18-10-4-15(5-11-18)13-21(17-8-9-17)19(22)16-6-2-14(12-20)3-7-16;/h2-7,10-11,17H,8-9,12-13,20H2,1H3;1H. The van der Waals surface area contributed by atoms with Gasteiger partial charge in [0.1, 0.15) is 5.75 Å². The van der Waals surface area contributed by atoms with Crippen LogP contribution in [0.5, 0.6) is 5.75 Å². The fraction of sp³-hybridized carbons (Fsp3) is 0.316. The number of ether oxygens (including phenoxy) is 1. The average Bonchev–Trinajstić information content (AvgIpc) is 3.44. The number of halogens is 1. The highest BCUT2D eigenvalue weighted by atomic mass is 35.5. The van der Waals surface area contributed by atoms with Gasteiger partial charge < -0.3 is 15.4 Å². The second-order valence-corrected chi connectivity index (χ2v) is 5.91. The zero-order valence-electron chi connectivity index (χ0n) is 13.8. The number of nitrogens with two attached hydrogens (primary N) is 1. The van der Waals surface area contributed by atoms with Gasteiger partial charge in [-0.25, -0.2) is 0 Å². The molecule has 1 aliphatic rings. The van der Waals surface area contributed by atoms with Gasteiger partial charge in [0, 0.05) is 24.7 Å². The molecule has 4 nitrogen and oxygen atoms in total. The molecule has 1 fully saturated rings. The molecule has 5 heteroatoms. The molecule has 0 radical (unpaired) electrons. The summed E-state index contributed by atoms with van der Waals surface area (Å²) in [6.45, 7) is 1.12. The van der Waals surface area contributed by atoms with Gasteiger partial charge in [-0.2, -0.15) is 0 Å². The van der Waals surface area contributed by atoms with E-state index in [0.29, 0.717) is 19.1 Å². The summed E-state index contributed by atoms with van der Waals surface area (Å²) in [6.07, 6.45) is 2.17. The van der Waals surface area contributed by atoms with Crippen LogP contribution in [0.2, 0.25) is 0 Å². The van der Waals surface area contributed by atoms with Gasteiger partial charge in [-0.1, -0.05) is 24.3 Å². The van der Waals surface area contributed by atoms with Crippen molar-refractivity contribution in [2.45, 2.75) is 32.0 Å². The maximum Gasteiger partial charge on any atom is 0.254 e. The molecule has 2 N–H and O–H groups in total. The normalized spacial score (nSPS) is 13.1. The van der Waals surface area contributed by atoms with Crippen LogP contribution in [0.4, 0.5) is 0 Å². The molecule has 3 rings (SSSR count). The molecule has 0 spiro atoms. The lowest BCUT2D eigenvalue weighted by Crippen LogP contribution is -2.32.